The zero-order valence-electron chi connectivity index (χ0n) is 17.2. The molecule has 2 N–H and O–H groups in total. The van der Waals surface area contributed by atoms with Gasteiger partial charge in [-0.15, -0.1) is 11.3 Å². The predicted molar refractivity (Wildman–Crippen MR) is 112 cm³/mol. The summed E-state index contributed by atoms with van der Waals surface area (Å²) in [5.41, 5.74) is 2.16. The van der Waals surface area contributed by atoms with E-state index < -0.39 is 5.97 Å². The molecule has 3 fully saturated rings. The Morgan fingerprint density at radius 2 is 2.20 bits per heavy atom. The molecule has 3 aliphatic rings. The average molecular weight is 429 g/mol. The van der Waals surface area contributed by atoms with Gasteiger partial charge in [0.25, 0.3) is 0 Å². The molecule has 1 amide bonds. The summed E-state index contributed by atoms with van der Waals surface area (Å²) in [5.74, 6) is 0.665. The first-order chi connectivity index (χ1) is 14.5. The number of aromatic nitrogens is 2. The molecule has 7 nitrogen and oxygen atoms in total. The molecule has 2 aromatic rings. The molecule has 0 spiro atoms. The van der Waals surface area contributed by atoms with Crippen LogP contribution in [0, 0.1) is 12.8 Å². The molecule has 0 aliphatic carbocycles. The van der Waals surface area contributed by atoms with Gasteiger partial charge in [0, 0.05) is 25.2 Å². The van der Waals surface area contributed by atoms with Gasteiger partial charge in [-0.1, -0.05) is 6.07 Å². The Labute approximate surface area is 180 Å². The Morgan fingerprint density at radius 1 is 1.33 bits per heavy atom. The third-order valence-electron chi connectivity index (χ3n) is 6.39. The number of carbonyl (C=O) groups is 2. The van der Waals surface area contributed by atoms with Crippen molar-refractivity contribution in [3.63, 3.8) is 0 Å². The quantitative estimate of drug-likeness (QED) is 0.631. The van der Waals surface area contributed by atoms with Gasteiger partial charge in [0.05, 0.1) is 41.8 Å². The first-order valence-corrected chi connectivity index (χ1v) is 11.6. The molecule has 0 saturated carbocycles. The van der Waals surface area contributed by atoms with Crippen LogP contribution in [0.3, 0.4) is 0 Å². The van der Waals surface area contributed by atoms with Crippen LogP contribution in [0.5, 0.6) is 0 Å². The summed E-state index contributed by atoms with van der Waals surface area (Å²) in [7, 11) is 0. The molecule has 30 heavy (non-hydrogen) atoms. The Hall–Kier alpha value is -2.32. The number of amides is 1. The molecule has 0 radical (unpaired) electrons. The largest absolute Gasteiger partial charge is 0.550 e. The van der Waals surface area contributed by atoms with E-state index in [0.29, 0.717) is 30.8 Å². The number of carboxylic acids is 1. The van der Waals surface area contributed by atoms with Crippen LogP contribution < -0.4 is 15.3 Å². The average Bonchev–Trinajstić information content (AvgIpc) is 3.27. The van der Waals surface area contributed by atoms with Crippen molar-refractivity contribution in [2.45, 2.75) is 51.0 Å². The molecule has 5 heterocycles. The number of aliphatic carboxylic acids is 1. The fraction of sp³-hybridized carbons (Fsp3) is 0.545. The molecule has 3 saturated heterocycles. The first kappa shape index (κ1) is 20.9. The molecule has 0 aromatic carbocycles. The molecule has 160 valence electrons. The van der Waals surface area contributed by atoms with E-state index in [1.807, 2.05) is 13.0 Å². The Morgan fingerprint density at radius 3 is 2.90 bits per heavy atom. The summed E-state index contributed by atoms with van der Waals surface area (Å²) in [4.78, 5) is 34.6. The Kier molecular flexibility index (Phi) is 6.43. The van der Waals surface area contributed by atoms with Crippen LogP contribution in [0.4, 0.5) is 0 Å². The number of aryl methyl sites for hydroxylation is 1. The smallest absolute Gasteiger partial charge is 0.220 e. The highest BCUT2D eigenvalue weighted by atomic mass is 32.1. The lowest BCUT2D eigenvalue weighted by atomic mass is 9.74. The number of hydrogen-bond acceptors (Lipinski definition) is 6. The van der Waals surface area contributed by atoms with Gasteiger partial charge in [0.1, 0.15) is 11.9 Å². The number of thiophene rings is 1. The molecular formula is C22H28N4O3S. The summed E-state index contributed by atoms with van der Waals surface area (Å²) < 4.78 is 0. The minimum Gasteiger partial charge on any atom is -0.550 e. The molecule has 2 aromatic heterocycles. The van der Waals surface area contributed by atoms with Gasteiger partial charge in [0.2, 0.25) is 5.91 Å². The minimum atomic E-state index is -1.10. The minimum absolute atomic E-state index is 0.0657. The number of carboxylic acid groups (broad SMARTS) is 1. The normalized spacial score (nSPS) is 25.2. The fourth-order valence-electron chi connectivity index (χ4n) is 4.93. The van der Waals surface area contributed by atoms with E-state index in [0.717, 1.165) is 36.7 Å². The van der Waals surface area contributed by atoms with E-state index in [-0.39, 0.29) is 18.7 Å². The second kappa shape index (κ2) is 9.22. The molecule has 5 rings (SSSR count). The van der Waals surface area contributed by atoms with Crippen LogP contribution in [-0.2, 0) is 9.59 Å². The molecule has 4 atom stereocenters. The van der Waals surface area contributed by atoms with Gasteiger partial charge in [-0.2, -0.15) is 0 Å². The Bertz CT molecular complexity index is 902. The van der Waals surface area contributed by atoms with E-state index >= 15 is 0 Å². The van der Waals surface area contributed by atoms with Crippen LogP contribution in [0.2, 0.25) is 0 Å². The van der Waals surface area contributed by atoms with Gasteiger partial charge in [-0.05, 0) is 43.2 Å². The van der Waals surface area contributed by atoms with Crippen molar-refractivity contribution in [2.75, 3.05) is 19.6 Å². The standard InChI is InChI=1S/C22H28N4O3S/c1-14-24-18(11-19(25-14)20-4-3-9-30-20)17-13-26-8-7-15(17)10-16(26)12-23-21(27)5-2-6-22(28)29/h3-4,9,11,15-17H,2,5-8,10,12-13H2,1H3,(H,23,27)(H,28,29)/t15-,16+,17-/m0/s1. The third kappa shape index (κ3) is 4.87. The molecule has 3 aliphatic heterocycles. The van der Waals surface area contributed by atoms with E-state index in [1.54, 1.807) is 11.3 Å². The topological polar surface area (TPSA) is 99.5 Å². The first-order valence-electron chi connectivity index (χ1n) is 10.7. The molecule has 8 heteroatoms. The molecular weight excluding hydrogens is 400 g/mol. The van der Waals surface area contributed by atoms with E-state index in [4.69, 9.17) is 4.98 Å². The number of quaternary nitrogens is 1. The van der Waals surface area contributed by atoms with Crippen molar-refractivity contribution >= 4 is 23.2 Å². The SMILES string of the molecule is Cc1nc(-c2cccs2)cc([C@H]2C[NH+]3CC[C@H]2C[C@@H]3CNC(=O)CCCC(=O)[O-])n1. The molecule has 2 bridgehead atoms. The van der Waals surface area contributed by atoms with E-state index in [1.165, 1.54) is 16.2 Å². The van der Waals surface area contributed by atoms with Gasteiger partial charge in [-0.3, -0.25) is 4.79 Å². The summed E-state index contributed by atoms with van der Waals surface area (Å²) in [6, 6.07) is 6.74. The van der Waals surface area contributed by atoms with E-state index in [2.05, 4.69) is 27.8 Å². The second-order valence-electron chi connectivity index (χ2n) is 8.43. The van der Waals surface area contributed by atoms with Crippen LogP contribution in [0.15, 0.2) is 23.6 Å². The van der Waals surface area contributed by atoms with Crippen molar-refractivity contribution < 1.29 is 19.6 Å². The van der Waals surface area contributed by atoms with Crippen molar-refractivity contribution in [1.82, 2.24) is 15.3 Å². The fourth-order valence-corrected chi connectivity index (χ4v) is 5.62. The Balaban J connectivity index is 1.37. The maximum Gasteiger partial charge on any atom is 0.220 e. The summed E-state index contributed by atoms with van der Waals surface area (Å²) >= 11 is 1.70. The van der Waals surface area contributed by atoms with Gasteiger partial charge >= 0.3 is 0 Å². The predicted octanol–water partition coefficient (Wildman–Crippen LogP) is 0.311. The number of rotatable bonds is 8. The number of hydrogen-bond donors (Lipinski definition) is 2. The number of piperidine rings is 3. The lowest BCUT2D eigenvalue weighted by Gasteiger charge is -2.46. The van der Waals surface area contributed by atoms with Crippen molar-refractivity contribution in [1.29, 1.82) is 0 Å². The highest BCUT2D eigenvalue weighted by Gasteiger charge is 2.44. The van der Waals surface area contributed by atoms with Crippen LogP contribution in [-0.4, -0.2) is 47.5 Å². The zero-order valence-corrected chi connectivity index (χ0v) is 18.0. The van der Waals surface area contributed by atoms with Gasteiger partial charge < -0.3 is 20.1 Å². The summed E-state index contributed by atoms with van der Waals surface area (Å²) in [6.45, 7) is 4.80. The van der Waals surface area contributed by atoms with Gasteiger partial charge in [-0.25, -0.2) is 9.97 Å². The van der Waals surface area contributed by atoms with Gasteiger partial charge in [0.15, 0.2) is 0 Å². The lowest BCUT2D eigenvalue weighted by Crippen LogP contribution is -3.20. The highest BCUT2D eigenvalue weighted by Crippen LogP contribution is 2.35. The van der Waals surface area contributed by atoms with Crippen LogP contribution in [0.1, 0.15) is 49.5 Å². The summed E-state index contributed by atoms with van der Waals surface area (Å²) in [6.07, 6.45) is 2.78. The number of carbonyl (C=O) groups excluding carboxylic acids is 2. The van der Waals surface area contributed by atoms with E-state index in [9.17, 15) is 14.7 Å². The monoisotopic (exact) mass is 428 g/mol. The highest BCUT2D eigenvalue weighted by molar-refractivity contribution is 7.13. The third-order valence-corrected chi connectivity index (χ3v) is 7.29. The van der Waals surface area contributed by atoms with Crippen molar-refractivity contribution in [3.8, 4) is 10.6 Å². The van der Waals surface area contributed by atoms with Crippen molar-refractivity contribution in [3.05, 3.63) is 35.1 Å². The molecule has 1 unspecified atom stereocenters. The summed E-state index contributed by atoms with van der Waals surface area (Å²) in [5, 5.41) is 15.6. The van der Waals surface area contributed by atoms with Crippen molar-refractivity contribution in [2.24, 2.45) is 5.92 Å². The number of fused-ring (bicyclic) bond motifs is 3. The number of nitrogens with one attached hydrogen (secondary N) is 2. The maximum absolute atomic E-state index is 12.0. The maximum atomic E-state index is 12.0. The second-order valence-corrected chi connectivity index (χ2v) is 9.38. The number of nitrogens with zero attached hydrogens (tertiary/aromatic N) is 2. The lowest BCUT2D eigenvalue weighted by molar-refractivity contribution is -0.942. The van der Waals surface area contributed by atoms with Crippen LogP contribution in [0.25, 0.3) is 10.6 Å². The zero-order chi connectivity index (χ0) is 21.1. The van der Waals surface area contributed by atoms with Crippen LogP contribution >= 0.6 is 11.3 Å².